The molecule has 1 saturated heterocycles. The fourth-order valence-corrected chi connectivity index (χ4v) is 3.75. The number of amides is 1. The van der Waals surface area contributed by atoms with E-state index >= 15 is 0 Å². The minimum absolute atomic E-state index is 0.263. The first-order valence-electron chi connectivity index (χ1n) is 9.17. The molecule has 124 valence electrons. The van der Waals surface area contributed by atoms with Crippen LogP contribution in [0, 0.1) is 5.92 Å². The Balaban J connectivity index is 1.39. The Morgan fingerprint density at radius 2 is 1.91 bits per heavy atom. The van der Waals surface area contributed by atoms with Crippen molar-refractivity contribution in [1.82, 2.24) is 15.3 Å². The highest BCUT2D eigenvalue weighted by atomic mass is 16.2. The van der Waals surface area contributed by atoms with Crippen LogP contribution in [0.1, 0.15) is 63.0 Å². The van der Waals surface area contributed by atoms with Crippen LogP contribution in [-0.2, 0) is 4.79 Å². The SMILES string of the molecule is O=C(NC1CCCN(c2cc(C3CCC3)ncn2)C1)C1CCC1. The predicted molar refractivity (Wildman–Crippen MR) is 89.3 cm³/mol. The van der Waals surface area contributed by atoms with Gasteiger partial charge >= 0.3 is 0 Å². The van der Waals surface area contributed by atoms with E-state index in [1.54, 1.807) is 6.33 Å². The normalized spacial score (nSPS) is 25.6. The first kappa shape index (κ1) is 14.9. The highest BCUT2D eigenvalue weighted by Gasteiger charge is 2.29. The average molecular weight is 314 g/mol. The Bertz CT molecular complexity index is 568. The largest absolute Gasteiger partial charge is 0.354 e. The maximum atomic E-state index is 12.2. The summed E-state index contributed by atoms with van der Waals surface area (Å²) in [7, 11) is 0. The van der Waals surface area contributed by atoms with Gasteiger partial charge in [-0.15, -0.1) is 0 Å². The molecule has 23 heavy (non-hydrogen) atoms. The van der Waals surface area contributed by atoms with E-state index < -0.39 is 0 Å². The topological polar surface area (TPSA) is 58.1 Å². The molecule has 0 aromatic carbocycles. The van der Waals surface area contributed by atoms with E-state index in [9.17, 15) is 4.79 Å². The Hall–Kier alpha value is -1.65. The number of anilines is 1. The van der Waals surface area contributed by atoms with Gasteiger partial charge in [-0.3, -0.25) is 4.79 Å². The van der Waals surface area contributed by atoms with Gasteiger partial charge in [0, 0.05) is 42.7 Å². The van der Waals surface area contributed by atoms with Crippen LogP contribution in [0.25, 0.3) is 0 Å². The van der Waals surface area contributed by atoms with Crippen LogP contribution in [0.2, 0.25) is 0 Å². The van der Waals surface area contributed by atoms with E-state index in [4.69, 9.17) is 0 Å². The van der Waals surface area contributed by atoms with Crippen molar-refractivity contribution in [2.45, 2.75) is 63.3 Å². The predicted octanol–water partition coefficient (Wildman–Crippen LogP) is 2.63. The second kappa shape index (κ2) is 6.46. The molecule has 1 aliphatic heterocycles. The van der Waals surface area contributed by atoms with Gasteiger partial charge < -0.3 is 10.2 Å². The fraction of sp³-hybridized carbons (Fsp3) is 0.722. The summed E-state index contributed by atoms with van der Waals surface area (Å²) < 4.78 is 0. The first-order valence-corrected chi connectivity index (χ1v) is 9.17. The van der Waals surface area contributed by atoms with E-state index in [0.717, 1.165) is 44.6 Å². The molecule has 3 aliphatic rings. The van der Waals surface area contributed by atoms with Gasteiger partial charge in [-0.1, -0.05) is 12.8 Å². The summed E-state index contributed by atoms with van der Waals surface area (Å²) in [6, 6.07) is 2.43. The summed E-state index contributed by atoms with van der Waals surface area (Å²) in [5.41, 5.74) is 1.20. The third-order valence-electron chi connectivity index (χ3n) is 5.76. The summed E-state index contributed by atoms with van der Waals surface area (Å²) in [6.45, 7) is 1.90. The van der Waals surface area contributed by atoms with Crippen LogP contribution in [0.3, 0.4) is 0 Å². The van der Waals surface area contributed by atoms with Gasteiger partial charge in [-0.25, -0.2) is 9.97 Å². The van der Waals surface area contributed by atoms with Crippen LogP contribution in [-0.4, -0.2) is 35.0 Å². The van der Waals surface area contributed by atoms with Crippen LogP contribution in [0.15, 0.2) is 12.4 Å². The molecule has 2 aliphatic carbocycles. The molecular formula is C18H26N4O. The van der Waals surface area contributed by atoms with E-state index in [2.05, 4.69) is 26.3 Å². The van der Waals surface area contributed by atoms with E-state index in [1.807, 2.05) is 0 Å². The van der Waals surface area contributed by atoms with Gasteiger partial charge in [0.15, 0.2) is 0 Å². The van der Waals surface area contributed by atoms with Crippen LogP contribution in [0.4, 0.5) is 5.82 Å². The number of aromatic nitrogens is 2. The maximum Gasteiger partial charge on any atom is 0.223 e. The summed E-state index contributed by atoms with van der Waals surface area (Å²) >= 11 is 0. The number of hydrogen-bond donors (Lipinski definition) is 1. The smallest absolute Gasteiger partial charge is 0.223 e. The molecule has 5 heteroatoms. The zero-order chi connectivity index (χ0) is 15.6. The average Bonchev–Trinajstić information content (AvgIpc) is 2.44. The molecule has 5 nitrogen and oxygen atoms in total. The van der Waals surface area contributed by atoms with Crippen molar-refractivity contribution in [3.8, 4) is 0 Å². The molecule has 1 unspecified atom stereocenters. The van der Waals surface area contributed by atoms with Gasteiger partial charge in [-0.2, -0.15) is 0 Å². The minimum atomic E-state index is 0.263. The lowest BCUT2D eigenvalue weighted by molar-refractivity contribution is -0.128. The number of rotatable bonds is 4. The zero-order valence-electron chi connectivity index (χ0n) is 13.7. The monoisotopic (exact) mass is 314 g/mol. The fourth-order valence-electron chi connectivity index (χ4n) is 3.75. The first-order chi connectivity index (χ1) is 11.3. The molecule has 4 rings (SSSR count). The standard InChI is InChI=1S/C18H26N4O/c23-18(14-6-2-7-14)21-15-8-3-9-22(11-15)17-10-16(19-12-20-17)13-4-1-5-13/h10,12-15H,1-9,11H2,(H,21,23). The van der Waals surface area contributed by atoms with Crippen molar-refractivity contribution >= 4 is 11.7 Å². The zero-order valence-corrected chi connectivity index (χ0v) is 13.7. The summed E-state index contributed by atoms with van der Waals surface area (Å²) in [5.74, 6) is 2.20. The van der Waals surface area contributed by atoms with Gasteiger partial charge in [-0.05, 0) is 38.5 Å². The summed E-state index contributed by atoms with van der Waals surface area (Å²) in [4.78, 5) is 23.4. The van der Waals surface area contributed by atoms with Gasteiger partial charge in [0.1, 0.15) is 12.1 Å². The molecule has 1 amide bonds. The summed E-state index contributed by atoms with van der Waals surface area (Å²) in [6.07, 6.45) is 11.1. The van der Waals surface area contributed by atoms with Crippen LogP contribution >= 0.6 is 0 Å². The molecule has 0 radical (unpaired) electrons. The molecule has 3 fully saturated rings. The molecule has 1 atom stereocenters. The molecule has 1 aromatic rings. The second-order valence-corrected chi connectivity index (χ2v) is 7.35. The Morgan fingerprint density at radius 3 is 2.61 bits per heavy atom. The molecule has 2 heterocycles. The number of hydrogen-bond acceptors (Lipinski definition) is 4. The quantitative estimate of drug-likeness (QED) is 0.928. The van der Waals surface area contributed by atoms with Crippen molar-refractivity contribution < 1.29 is 4.79 Å². The highest BCUT2D eigenvalue weighted by Crippen LogP contribution is 2.36. The van der Waals surface area contributed by atoms with Crippen molar-refractivity contribution in [3.63, 3.8) is 0 Å². The third kappa shape index (κ3) is 3.19. The highest BCUT2D eigenvalue weighted by molar-refractivity contribution is 5.79. The van der Waals surface area contributed by atoms with E-state index in [-0.39, 0.29) is 17.9 Å². The number of nitrogens with one attached hydrogen (secondary N) is 1. The molecule has 1 aromatic heterocycles. The number of nitrogens with zero attached hydrogens (tertiary/aromatic N) is 3. The van der Waals surface area contributed by atoms with Crippen molar-refractivity contribution in [1.29, 1.82) is 0 Å². The van der Waals surface area contributed by atoms with Crippen molar-refractivity contribution in [2.24, 2.45) is 5.92 Å². The van der Waals surface area contributed by atoms with Crippen LogP contribution in [0.5, 0.6) is 0 Å². The maximum absolute atomic E-state index is 12.2. The van der Waals surface area contributed by atoms with Crippen molar-refractivity contribution in [3.05, 3.63) is 18.1 Å². The van der Waals surface area contributed by atoms with Crippen LogP contribution < -0.4 is 10.2 Å². The molecule has 2 saturated carbocycles. The van der Waals surface area contributed by atoms with Crippen molar-refractivity contribution in [2.75, 3.05) is 18.0 Å². The lowest BCUT2D eigenvalue weighted by atomic mass is 9.83. The molecule has 1 N–H and O–H groups in total. The lowest BCUT2D eigenvalue weighted by Crippen LogP contribution is -2.50. The minimum Gasteiger partial charge on any atom is -0.354 e. The molecule has 0 bridgehead atoms. The number of carbonyl (C=O) groups excluding carboxylic acids is 1. The van der Waals surface area contributed by atoms with E-state index in [1.165, 1.54) is 31.4 Å². The second-order valence-electron chi connectivity index (χ2n) is 7.35. The van der Waals surface area contributed by atoms with E-state index in [0.29, 0.717) is 5.92 Å². The van der Waals surface area contributed by atoms with Gasteiger partial charge in [0.2, 0.25) is 5.91 Å². The molecular weight excluding hydrogens is 288 g/mol. The molecule has 0 spiro atoms. The Kier molecular flexibility index (Phi) is 4.19. The van der Waals surface area contributed by atoms with Gasteiger partial charge in [0.25, 0.3) is 0 Å². The number of carbonyl (C=O) groups is 1. The summed E-state index contributed by atoms with van der Waals surface area (Å²) in [5, 5.41) is 3.26. The van der Waals surface area contributed by atoms with Gasteiger partial charge in [0.05, 0.1) is 0 Å². The number of piperidine rings is 1. The Morgan fingerprint density at radius 1 is 1.09 bits per heavy atom. The third-order valence-corrected chi connectivity index (χ3v) is 5.76. The lowest BCUT2D eigenvalue weighted by Gasteiger charge is -2.36. The Labute approximate surface area is 137 Å².